The third-order valence-electron chi connectivity index (χ3n) is 15.4. The lowest BCUT2D eigenvalue weighted by molar-refractivity contribution is 0.568. The van der Waals surface area contributed by atoms with Crippen LogP contribution in [-0.2, 0) is 37.9 Å². The second kappa shape index (κ2) is 17.1. The van der Waals surface area contributed by atoms with Gasteiger partial charge in [0.2, 0.25) is 0 Å². The van der Waals surface area contributed by atoms with Crippen LogP contribution in [0.2, 0.25) is 0 Å². The second-order valence-corrected chi connectivity index (χ2v) is 29.4. The number of fused-ring (bicyclic) bond motifs is 4. The van der Waals surface area contributed by atoms with E-state index in [-0.39, 0.29) is 44.6 Å². The highest BCUT2D eigenvalue weighted by Gasteiger charge is 2.47. The molecule has 6 aromatic carbocycles. The van der Waals surface area contributed by atoms with Crippen molar-refractivity contribution in [2.45, 2.75) is 183 Å². The summed E-state index contributed by atoms with van der Waals surface area (Å²) in [6.07, 6.45) is 0. The number of hydrogen-bond acceptors (Lipinski definition) is 4. The Labute approximate surface area is 439 Å². The smallest absolute Gasteiger partial charge is 0.276 e. The zero-order valence-electron chi connectivity index (χ0n) is 47.8. The summed E-state index contributed by atoms with van der Waals surface area (Å²) >= 11 is 1.84. The topological polar surface area (TPSA) is 19.4 Å². The zero-order chi connectivity index (χ0) is 52.6. The van der Waals surface area contributed by atoms with E-state index in [9.17, 15) is 0 Å². The molecule has 72 heavy (non-hydrogen) atoms. The highest BCUT2D eigenvalue weighted by Crippen LogP contribution is 2.50. The van der Waals surface area contributed by atoms with Crippen molar-refractivity contribution in [1.29, 1.82) is 0 Å². The molecule has 0 saturated carbocycles. The maximum Gasteiger partial charge on any atom is 0.276 e. The van der Waals surface area contributed by atoms with Crippen molar-refractivity contribution in [3.63, 3.8) is 0 Å². The summed E-state index contributed by atoms with van der Waals surface area (Å²) in [4.78, 5) is 11.2. The minimum Gasteiger partial charge on any atom is -0.311 e. The molecule has 374 valence electrons. The summed E-state index contributed by atoms with van der Waals surface area (Å²) in [5.74, 6) is 0. The van der Waals surface area contributed by atoms with Crippen molar-refractivity contribution in [2.75, 3.05) is 9.80 Å². The van der Waals surface area contributed by atoms with Crippen LogP contribution in [0.5, 0.6) is 0 Å². The van der Waals surface area contributed by atoms with Crippen molar-refractivity contribution in [2.24, 2.45) is 0 Å². The second-order valence-electron chi connectivity index (χ2n) is 28.5. The molecule has 0 atom stereocenters. The van der Waals surface area contributed by atoms with Gasteiger partial charge in [0.15, 0.2) is 0 Å². The fourth-order valence-electron chi connectivity index (χ4n) is 10.4. The van der Waals surface area contributed by atoms with Crippen LogP contribution in [0.25, 0.3) is 21.7 Å². The highest BCUT2D eigenvalue weighted by molar-refractivity contribution is 7.22. The quantitative estimate of drug-likeness (QED) is 0.164. The molecule has 9 rings (SSSR count). The summed E-state index contributed by atoms with van der Waals surface area (Å²) in [5, 5.41) is 2.23. The average Bonchev–Trinajstić information content (AvgIpc) is 3.71. The summed E-state index contributed by atoms with van der Waals surface area (Å²) in [5.41, 5.74) is 22.4. The van der Waals surface area contributed by atoms with Crippen molar-refractivity contribution in [1.82, 2.24) is 4.98 Å². The lowest BCUT2D eigenvalue weighted by Gasteiger charge is -2.44. The van der Waals surface area contributed by atoms with Crippen LogP contribution in [0.4, 0.5) is 33.4 Å². The Morgan fingerprint density at radius 1 is 0.347 bits per heavy atom. The van der Waals surface area contributed by atoms with E-state index >= 15 is 0 Å². The molecule has 2 aliphatic rings. The Hall–Kier alpha value is -5.39. The number of thiazole rings is 1. The molecule has 0 radical (unpaired) electrons. The van der Waals surface area contributed by atoms with E-state index in [1.54, 1.807) is 0 Å². The predicted octanol–water partition coefficient (Wildman–Crippen LogP) is 17.6. The number of aromatic nitrogens is 1. The van der Waals surface area contributed by atoms with Crippen LogP contribution in [0, 0.1) is 0 Å². The third kappa shape index (κ3) is 9.53. The van der Waals surface area contributed by atoms with E-state index in [1.165, 1.54) is 94.4 Å². The predicted molar refractivity (Wildman–Crippen MR) is 318 cm³/mol. The van der Waals surface area contributed by atoms with Gasteiger partial charge in [-0.25, -0.2) is 4.98 Å². The first-order chi connectivity index (χ1) is 33.1. The van der Waals surface area contributed by atoms with Crippen molar-refractivity contribution in [3.8, 4) is 21.7 Å². The van der Waals surface area contributed by atoms with E-state index in [0.717, 1.165) is 16.2 Å². The van der Waals surface area contributed by atoms with Gasteiger partial charge in [0, 0.05) is 34.0 Å². The normalized spacial score (nSPS) is 14.4. The Balaban J connectivity index is 1.38. The van der Waals surface area contributed by atoms with E-state index < -0.39 is 0 Å². The molecule has 5 heteroatoms. The summed E-state index contributed by atoms with van der Waals surface area (Å²) in [6, 6.07) is 45.5. The Morgan fingerprint density at radius 3 is 1.14 bits per heavy atom. The van der Waals surface area contributed by atoms with Gasteiger partial charge in [-0.05, 0) is 141 Å². The lowest BCUT2D eigenvalue weighted by Crippen LogP contribution is -2.62. The Bertz CT molecular complexity index is 3140. The maximum atomic E-state index is 5.92. The minimum absolute atomic E-state index is 0.0550. The first kappa shape index (κ1) is 51.5. The molecule has 0 unspecified atom stereocenters. The van der Waals surface area contributed by atoms with Gasteiger partial charge in [-0.2, -0.15) is 0 Å². The van der Waals surface area contributed by atoms with E-state index in [2.05, 4.69) is 270 Å². The first-order valence-electron chi connectivity index (χ1n) is 26.6. The van der Waals surface area contributed by atoms with Crippen LogP contribution >= 0.6 is 11.3 Å². The monoisotopic (exact) mass is 972 g/mol. The molecular weight excluding hydrogens is 890 g/mol. The summed E-state index contributed by atoms with van der Waals surface area (Å²) < 4.78 is 0. The van der Waals surface area contributed by atoms with Crippen LogP contribution in [0.3, 0.4) is 0 Å². The molecule has 0 saturated heterocycles. The molecule has 0 amide bonds. The fourth-order valence-corrected chi connectivity index (χ4v) is 11.5. The van der Waals surface area contributed by atoms with Crippen molar-refractivity contribution >= 4 is 68.0 Å². The molecular formula is C67H82BN3S. The minimum atomic E-state index is -0.143. The Kier molecular flexibility index (Phi) is 12.2. The van der Waals surface area contributed by atoms with Crippen LogP contribution in [0.15, 0.2) is 115 Å². The zero-order valence-corrected chi connectivity index (χ0v) is 48.6. The van der Waals surface area contributed by atoms with Gasteiger partial charge in [-0.3, -0.25) is 0 Å². The SMILES string of the molecule is CC(C)(C)c1ccc(-c2ccc(-c3nc4c(s3)N(c3cc(C(C)(C)C)cc(C(C)(C)C)c3)c3cc(C(C)(C)C)cc5c3B4c3cc(C(C)(C)C)ccc3N5c3cc(C(C)(C)C)cc(C(C)(C)C)c3)cc2)cc1. The molecule has 1 aromatic heterocycles. The molecule has 0 spiro atoms. The number of nitrogens with zero attached hydrogens (tertiary/aromatic N) is 3. The van der Waals surface area contributed by atoms with Gasteiger partial charge < -0.3 is 9.80 Å². The molecule has 3 nitrogen and oxygen atoms in total. The number of anilines is 6. The van der Waals surface area contributed by atoms with Crippen LogP contribution in [-0.4, -0.2) is 11.7 Å². The maximum absolute atomic E-state index is 5.92. The largest absolute Gasteiger partial charge is 0.311 e. The van der Waals surface area contributed by atoms with Gasteiger partial charge in [0.1, 0.15) is 10.0 Å². The molecule has 2 aliphatic heterocycles. The summed E-state index contributed by atoms with van der Waals surface area (Å²) in [6.45, 7) is 49.1. The molecule has 0 fully saturated rings. The standard InChI is InChI=1S/C67H82BN3S/c1-61(2,3)44-28-26-42(27-29-44)41-22-24-43(25-23-41)59-69-58-60(72-59)71(52-36-48(65(13,14)15)33-49(37-52)66(16,17)18)56-40-50(67(19,20)21)39-55-57(56)68(58)53-38-45(62(4,5)6)30-31-54(53)70(55)51-34-46(63(7,8)9)32-47(35-51)64(10,11)12/h22-40H,1-21H3. The summed E-state index contributed by atoms with van der Waals surface area (Å²) in [7, 11) is 0. The fraction of sp³-hybridized carbons (Fsp3) is 0.418. The number of rotatable bonds is 4. The van der Waals surface area contributed by atoms with Crippen LogP contribution < -0.4 is 26.3 Å². The van der Waals surface area contributed by atoms with E-state index in [4.69, 9.17) is 4.98 Å². The molecule has 7 aromatic rings. The Morgan fingerprint density at radius 2 is 0.708 bits per heavy atom. The van der Waals surface area contributed by atoms with E-state index in [1.807, 2.05) is 11.3 Å². The van der Waals surface area contributed by atoms with Crippen molar-refractivity contribution in [3.05, 3.63) is 154 Å². The van der Waals surface area contributed by atoms with Gasteiger partial charge in [0.25, 0.3) is 6.71 Å². The van der Waals surface area contributed by atoms with Crippen LogP contribution in [0.1, 0.15) is 184 Å². The molecule has 3 heterocycles. The lowest BCUT2D eigenvalue weighted by atomic mass is 9.35. The van der Waals surface area contributed by atoms with Gasteiger partial charge in [0.05, 0.1) is 5.59 Å². The first-order valence-corrected chi connectivity index (χ1v) is 27.4. The van der Waals surface area contributed by atoms with Gasteiger partial charge in [-0.1, -0.05) is 230 Å². The molecule has 0 aliphatic carbocycles. The molecule has 0 N–H and O–H groups in total. The van der Waals surface area contributed by atoms with Crippen molar-refractivity contribution < 1.29 is 0 Å². The van der Waals surface area contributed by atoms with E-state index in [0.29, 0.717) is 0 Å². The average molecular weight is 972 g/mol. The van der Waals surface area contributed by atoms with Gasteiger partial charge >= 0.3 is 0 Å². The third-order valence-corrected chi connectivity index (χ3v) is 16.5. The van der Waals surface area contributed by atoms with Gasteiger partial charge in [-0.15, -0.1) is 0 Å². The highest BCUT2D eigenvalue weighted by atomic mass is 32.1. The number of benzene rings is 6. The molecule has 0 bridgehead atoms. The number of hydrogen-bond donors (Lipinski definition) is 0.